The van der Waals surface area contributed by atoms with Gasteiger partial charge in [0.1, 0.15) is 0 Å². The van der Waals surface area contributed by atoms with Gasteiger partial charge in [0.05, 0.1) is 12.6 Å². The van der Waals surface area contributed by atoms with Gasteiger partial charge in [0.25, 0.3) is 0 Å². The van der Waals surface area contributed by atoms with Gasteiger partial charge in [-0.25, -0.2) is 4.79 Å². The molecular formula is C16H21N3O2. The summed E-state index contributed by atoms with van der Waals surface area (Å²) in [6.45, 7) is 3.89. The molecule has 0 aliphatic carbocycles. The van der Waals surface area contributed by atoms with Crippen LogP contribution in [0.25, 0.3) is 10.9 Å². The number of ether oxygens (including phenoxy) is 1. The molecule has 2 amide bonds. The van der Waals surface area contributed by atoms with Gasteiger partial charge in [-0.15, -0.1) is 0 Å². The molecule has 21 heavy (non-hydrogen) atoms. The molecule has 0 saturated heterocycles. The van der Waals surface area contributed by atoms with Crippen molar-refractivity contribution in [2.75, 3.05) is 26.8 Å². The number of H-pyrrole nitrogens is 1. The number of fused-ring (bicyclic) bond motifs is 3. The number of amides is 2. The highest BCUT2D eigenvalue weighted by Gasteiger charge is 2.29. The van der Waals surface area contributed by atoms with E-state index in [1.54, 1.807) is 7.11 Å². The van der Waals surface area contributed by atoms with Gasteiger partial charge in [-0.2, -0.15) is 0 Å². The Bertz CT molecular complexity index is 650. The van der Waals surface area contributed by atoms with Gasteiger partial charge >= 0.3 is 6.03 Å². The second-order valence-corrected chi connectivity index (χ2v) is 5.41. The third-order valence-corrected chi connectivity index (χ3v) is 4.18. The van der Waals surface area contributed by atoms with Crippen molar-refractivity contribution in [2.24, 2.45) is 0 Å². The molecule has 1 aromatic heterocycles. The summed E-state index contributed by atoms with van der Waals surface area (Å²) < 4.78 is 4.96. The first kappa shape index (κ1) is 13.9. The third kappa shape index (κ3) is 2.49. The van der Waals surface area contributed by atoms with Crippen LogP contribution in [0.4, 0.5) is 4.79 Å². The van der Waals surface area contributed by atoms with Gasteiger partial charge in [-0.1, -0.05) is 18.2 Å². The zero-order valence-corrected chi connectivity index (χ0v) is 12.5. The van der Waals surface area contributed by atoms with Crippen LogP contribution in [0.5, 0.6) is 0 Å². The van der Waals surface area contributed by atoms with Crippen molar-refractivity contribution in [2.45, 2.75) is 19.4 Å². The fourth-order valence-corrected chi connectivity index (χ4v) is 3.07. The van der Waals surface area contributed by atoms with E-state index in [0.29, 0.717) is 13.2 Å². The Morgan fingerprint density at radius 3 is 3.10 bits per heavy atom. The molecule has 0 bridgehead atoms. The fourth-order valence-electron chi connectivity index (χ4n) is 3.07. The SMILES string of the molecule is COCCNC(=O)N1CCc2c([nH]c3ccccc23)[C@H]1C. The smallest absolute Gasteiger partial charge is 0.318 e. The highest BCUT2D eigenvalue weighted by molar-refractivity contribution is 5.86. The summed E-state index contributed by atoms with van der Waals surface area (Å²) in [5.41, 5.74) is 3.65. The van der Waals surface area contributed by atoms with Crippen LogP contribution in [-0.4, -0.2) is 42.7 Å². The summed E-state index contributed by atoms with van der Waals surface area (Å²) in [7, 11) is 1.63. The first-order valence-corrected chi connectivity index (χ1v) is 7.35. The number of carbonyl (C=O) groups excluding carboxylic acids is 1. The number of nitrogens with one attached hydrogen (secondary N) is 2. The number of hydrogen-bond acceptors (Lipinski definition) is 2. The highest BCUT2D eigenvalue weighted by atomic mass is 16.5. The lowest BCUT2D eigenvalue weighted by molar-refractivity contribution is 0.163. The summed E-state index contributed by atoms with van der Waals surface area (Å²) in [4.78, 5) is 17.6. The van der Waals surface area contributed by atoms with Crippen LogP contribution in [0.15, 0.2) is 24.3 Å². The molecule has 1 atom stereocenters. The van der Waals surface area contributed by atoms with Crippen LogP contribution in [0, 0.1) is 0 Å². The quantitative estimate of drug-likeness (QED) is 0.852. The summed E-state index contributed by atoms with van der Waals surface area (Å²) in [5, 5.41) is 4.17. The summed E-state index contributed by atoms with van der Waals surface area (Å²) >= 11 is 0. The molecule has 1 aliphatic heterocycles. The van der Waals surface area contributed by atoms with Crippen molar-refractivity contribution in [3.8, 4) is 0 Å². The van der Waals surface area contributed by atoms with E-state index in [1.165, 1.54) is 10.9 Å². The maximum absolute atomic E-state index is 12.3. The highest BCUT2D eigenvalue weighted by Crippen LogP contribution is 2.33. The molecule has 2 N–H and O–H groups in total. The predicted octanol–water partition coefficient (Wildman–Crippen LogP) is 2.44. The van der Waals surface area contributed by atoms with E-state index in [-0.39, 0.29) is 12.1 Å². The minimum Gasteiger partial charge on any atom is -0.383 e. The molecule has 1 aromatic carbocycles. The molecule has 0 radical (unpaired) electrons. The van der Waals surface area contributed by atoms with Gasteiger partial charge in [0.15, 0.2) is 0 Å². The first-order valence-electron chi connectivity index (χ1n) is 7.35. The second-order valence-electron chi connectivity index (χ2n) is 5.41. The van der Waals surface area contributed by atoms with Crippen LogP contribution in [0.2, 0.25) is 0 Å². The molecule has 112 valence electrons. The molecule has 2 aromatic rings. The summed E-state index contributed by atoms with van der Waals surface area (Å²) in [6, 6.07) is 8.36. The Labute approximate surface area is 124 Å². The Hall–Kier alpha value is -2.01. The van der Waals surface area contributed by atoms with Gasteiger partial charge in [0.2, 0.25) is 0 Å². The zero-order valence-electron chi connectivity index (χ0n) is 12.5. The molecule has 3 rings (SSSR count). The Morgan fingerprint density at radius 1 is 1.48 bits per heavy atom. The Balaban J connectivity index is 1.82. The average Bonchev–Trinajstić information content (AvgIpc) is 2.87. The first-order chi connectivity index (χ1) is 10.2. The van der Waals surface area contributed by atoms with E-state index in [9.17, 15) is 4.79 Å². The third-order valence-electron chi connectivity index (χ3n) is 4.18. The minimum absolute atomic E-state index is 0.0242. The maximum Gasteiger partial charge on any atom is 0.318 e. The van der Waals surface area contributed by atoms with Crippen LogP contribution < -0.4 is 5.32 Å². The van der Waals surface area contributed by atoms with Crippen molar-refractivity contribution in [3.05, 3.63) is 35.5 Å². The van der Waals surface area contributed by atoms with E-state index in [1.807, 2.05) is 11.0 Å². The van der Waals surface area contributed by atoms with E-state index in [4.69, 9.17) is 4.74 Å². The number of aromatic amines is 1. The number of para-hydroxylation sites is 1. The lowest BCUT2D eigenvalue weighted by Crippen LogP contribution is -2.45. The molecule has 2 heterocycles. The monoisotopic (exact) mass is 287 g/mol. The molecule has 5 heteroatoms. The number of rotatable bonds is 3. The van der Waals surface area contributed by atoms with Crippen molar-refractivity contribution in [3.63, 3.8) is 0 Å². The average molecular weight is 287 g/mol. The molecule has 0 spiro atoms. The van der Waals surface area contributed by atoms with Gasteiger partial charge in [-0.3, -0.25) is 0 Å². The zero-order chi connectivity index (χ0) is 14.8. The van der Waals surface area contributed by atoms with Crippen LogP contribution >= 0.6 is 0 Å². The lowest BCUT2D eigenvalue weighted by atomic mass is 9.99. The van der Waals surface area contributed by atoms with Crippen molar-refractivity contribution < 1.29 is 9.53 Å². The van der Waals surface area contributed by atoms with Crippen LogP contribution in [-0.2, 0) is 11.2 Å². The van der Waals surface area contributed by atoms with Crippen LogP contribution in [0.3, 0.4) is 0 Å². The normalized spacial score (nSPS) is 17.8. The number of carbonyl (C=O) groups is 1. The number of methoxy groups -OCH3 is 1. The number of benzene rings is 1. The molecule has 1 aliphatic rings. The van der Waals surface area contributed by atoms with E-state index in [0.717, 1.165) is 24.2 Å². The number of aromatic nitrogens is 1. The van der Waals surface area contributed by atoms with E-state index in [2.05, 4.69) is 35.4 Å². The summed E-state index contributed by atoms with van der Waals surface area (Å²) in [6.07, 6.45) is 0.890. The molecule has 5 nitrogen and oxygen atoms in total. The largest absolute Gasteiger partial charge is 0.383 e. The number of hydrogen-bond donors (Lipinski definition) is 2. The molecule has 0 unspecified atom stereocenters. The van der Waals surface area contributed by atoms with Gasteiger partial charge in [0, 0.05) is 36.8 Å². The van der Waals surface area contributed by atoms with Gasteiger partial charge in [-0.05, 0) is 25.0 Å². The van der Waals surface area contributed by atoms with Crippen molar-refractivity contribution in [1.82, 2.24) is 15.2 Å². The van der Waals surface area contributed by atoms with E-state index >= 15 is 0 Å². The second kappa shape index (κ2) is 5.77. The van der Waals surface area contributed by atoms with Gasteiger partial charge < -0.3 is 19.9 Å². The molecule has 0 saturated carbocycles. The van der Waals surface area contributed by atoms with Crippen molar-refractivity contribution >= 4 is 16.9 Å². The fraction of sp³-hybridized carbons (Fsp3) is 0.438. The Morgan fingerprint density at radius 2 is 2.29 bits per heavy atom. The van der Waals surface area contributed by atoms with Crippen LogP contribution in [0.1, 0.15) is 24.2 Å². The maximum atomic E-state index is 12.3. The van der Waals surface area contributed by atoms with Crippen molar-refractivity contribution in [1.29, 1.82) is 0 Å². The lowest BCUT2D eigenvalue weighted by Gasteiger charge is -2.33. The number of urea groups is 1. The summed E-state index contributed by atoms with van der Waals surface area (Å²) in [5.74, 6) is 0. The Kier molecular flexibility index (Phi) is 3.84. The number of nitrogens with zero attached hydrogens (tertiary/aromatic N) is 1. The van der Waals surface area contributed by atoms with E-state index < -0.39 is 0 Å². The predicted molar refractivity (Wildman–Crippen MR) is 82.4 cm³/mol. The molecule has 0 fully saturated rings. The topological polar surface area (TPSA) is 57.4 Å². The minimum atomic E-state index is -0.0242. The standard InChI is InChI=1S/C16H21N3O2/c1-11-15-13(12-5-3-4-6-14(12)18-15)7-9-19(11)16(20)17-8-10-21-2/h3-6,11,18H,7-10H2,1-2H3,(H,17,20)/t11-/m1/s1. The molecular weight excluding hydrogens is 266 g/mol.